The second-order valence-corrected chi connectivity index (χ2v) is 4.17. The molecule has 0 aliphatic heterocycles. The van der Waals surface area contributed by atoms with Crippen LogP contribution in [0.4, 0.5) is 0 Å². The lowest BCUT2D eigenvalue weighted by Gasteiger charge is -2.28. The SMILES string of the molecule is CCCCCCCCCC(OC)(OC)OC.Cl. The van der Waals surface area contributed by atoms with E-state index < -0.39 is 5.97 Å². The van der Waals surface area contributed by atoms with Crippen LogP contribution in [0.25, 0.3) is 0 Å². The second kappa shape index (κ2) is 12.6. The highest BCUT2D eigenvalue weighted by Crippen LogP contribution is 2.21. The van der Waals surface area contributed by atoms with Crippen LogP contribution < -0.4 is 0 Å². The molecule has 0 aromatic rings. The molecule has 0 heterocycles. The molecular formula is C13H29ClO3. The molecule has 4 heteroatoms. The zero-order valence-corrected chi connectivity index (χ0v) is 12.6. The van der Waals surface area contributed by atoms with Gasteiger partial charge in [-0.1, -0.05) is 45.4 Å². The first kappa shape index (κ1) is 19.5. The van der Waals surface area contributed by atoms with E-state index in [0.717, 1.165) is 12.8 Å². The summed E-state index contributed by atoms with van der Waals surface area (Å²) in [7, 11) is 4.86. The Morgan fingerprint density at radius 3 is 1.53 bits per heavy atom. The molecule has 0 atom stereocenters. The molecule has 0 spiro atoms. The minimum atomic E-state index is -0.830. The van der Waals surface area contributed by atoms with Gasteiger partial charge in [-0.2, -0.15) is 0 Å². The van der Waals surface area contributed by atoms with Gasteiger partial charge in [0, 0.05) is 27.8 Å². The van der Waals surface area contributed by atoms with Crippen LogP contribution in [0.5, 0.6) is 0 Å². The lowest BCUT2D eigenvalue weighted by atomic mass is 10.1. The van der Waals surface area contributed by atoms with Gasteiger partial charge in [-0.3, -0.25) is 0 Å². The maximum Gasteiger partial charge on any atom is 0.282 e. The van der Waals surface area contributed by atoms with Crippen molar-refractivity contribution in [1.29, 1.82) is 0 Å². The molecule has 0 aromatic carbocycles. The second-order valence-electron chi connectivity index (χ2n) is 4.17. The molecule has 0 unspecified atom stereocenters. The van der Waals surface area contributed by atoms with Gasteiger partial charge in [-0.05, 0) is 6.42 Å². The van der Waals surface area contributed by atoms with Crippen LogP contribution in [0.3, 0.4) is 0 Å². The molecule has 0 radical (unpaired) electrons. The Kier molecular flexibility index (Phi) is 14.5. The fraction of sp³-hybridized carbons (Fsp3) is 1.00. The number of rotatable bonds is 11. The van der Waals surface area contributed by atoms with Crippen molar-refractivity contribution in [2.24, 2.45) is 0 Å². The van der Waals surface area contributed by atoms with Crippen molar-refractivity contribution in [1.82, 2.24) is 0 Å². The van der Waals surface area contributed by atoms with E-state index in [9.17, 15) is 0 Å². The van der Waals surface area contributed by atoms with Gasteiger partial charge in [0.05, 0.1) is 0 Å². The number of hydrogen-bond donors (Lipinski definition) is 0. The maximum absolute atomic E-state index is 5.24. The summed E-state index contributed by atoms with van der Waals surface area (Å²) in [6.45, 7) is 2.24. The van der Waals surface area contributed by atoms with Gasteiger partial charge in [0.1, 0.15) is 0 Å². The predicted octanol–water partition coefficient (Wildman–Crippen LogP) is 4.14. The topological polar surface area (TPSA) is 27.7 Å². The maximum atomic E-state index is 5.24. The van der Waals surface area contributed by atoms with E-state index in [1.807, 2.05) is 0 Å². The largest absolute Gasteiger partial charge is 0.331 e. The van der Waals surface area contributed by atoms with Crippen molar-refractivity contribution < 1.29 is 14.2 Å². The first-order valence-electron chi connectivity index (χ1n) is 6.40. The van der Waals surface area contributed by atoms with Crippen molar-refractivity contribution in [3.63, 3.8) is 0 Å². The Labute approximate surface area is 113 Å². The third-order valence-electron chi connectivity index (χ3n) is 3.02. The highest BCUT2D eigenvalue weighted by atomic mass is 35.5. The molecule has 0 N–H and O–H groups in total. The predicted molar refractivity (Wildman–Crippen MR) is 73.6 cm³/mol. The van der Waals surface area contributed by atoms with Gasteiger partial charge in [0.2, 0.25) is 0 Å². The average Bonchev–Trinajstić information content (AvgIpc) is 2.34. The summed E-state index contributed by atoms with van der Waals surface area (Å²) in [5, 5.41) is 0. The minimum absolute atomic E-state index is 0. The van der Waals surface area contributed by atoms with Crippen LogP contribution in [0.1, 0.15) is 58.3 Å². The highest BCUT2D eigenvalue weighted by Gasteiger charge is 2.28. The Balaban J connectivity index is 0. The Morgan fingerprint density at radius 2 is 1.12 bits per heavy atom. The monoisotopic (exact) mass is 268 g/mol. The third-order valence-corrected chi connectivity index (χ3v) is 3.02. The summed E-state index contributed by atoms with van der Waals surface area (Å²) in [5.41, 5.74) is 0. The lowest BCUT2D eigenvalue weighted by Crippen LogP contribution is -2.35. The number of hydrogen-bond acceptors (Lipinski definition) is 3. The molecule has 17 heavy (non-hydrogen) atoms. The van der Waals surface area contributed by atoms with Crippen LogP contribution in [0.15, 0.2) is 0 Å². The van der Waals surface area contributed by atoms with E-state index in [4.69, 9.17) is 14.2 Å². The summed E-state index contributed by atoms with van der Waals surface area (Å²) in [6, 6.07) is 0. The number of halogens is 1. The van der Waals surface area contributed by atoms with E-state index in [1.54, 1.807) is 21.3 Å². The summed E-state index contributed by atoms with van der Waals surface area (Å²) >= 11 is 0. The summed E-state index contributed by atoms with van der Waals surface area (Å²) in [4.78, 5) is 0. The zero-order chi connectivity index (χ0) is 12.3. The van der Waals surface area contributed by atoms with Gasteiger partial charge in [0.25, 0.3) is 5.97 Å². The zero-order valence-electron chi connectivity index (χ0n) is 11.8. The fourth-order valence-electron chi connectivity index (χ4n) is 1.85. The van der Waals surface area contributed by atoms with Crippen LogP contribution in [-0.4, -0.2) is 27.3 Å². The Bertz CT molecular complexity index is 141. The van der Waals surface area contributed by atoms with Crippen LogP contribution in [0, 0.1) is 0 Å². The first-order valence-corrected chi connectivity index (χ1v) is 6.40. The number of unbranched alkanes of at least 4 members (excludes halogenated alkanes) is 6. The van der Waals surface area contributed by atoms with Crippen LogP contribution >= 0.6 is 12.4 Å². The van der Waals surface area contributed by atoms with Gasteiger partial charge in [-0.25, -0.2) is 0 Å². The lowest BCUT2D eigenvalue weighted by molar-refractivity contribution is -0.355. The summed E-state index contributed by atoms with van der Waals surface area (Å²) in [5.74, 6) is -0.830. The normalized spacial score (nSPS) is 11.3. The molecule has 0 aliphatic rings. The molecule has 0 bridgehead atoms. The standard InChI is InChI=1S/C13H28O3.ClH/c1-5-6-7-8-9-10-11-12-13(14-2,15-3)16-4;/h5-12H2,1-4H3;1H. The molecular weight excluding hydrogens is 240 g/mol. The van der Waals surface area contributed by atoms with Crippen molar-refractivity contribution in [2.75, 3.05) is 21.3 Å². The smallest absolute Gasteiger partial charge is 0.282 e. The average molecular weight is 269 g/mol. The molecule has 0 aromatic heterocycles. The molecule has 0 aliphatic carbocycles. The Morgan fingerprint density at radius 1 is 0.706 bits per heavy atom. The third kappa shape index (κ3) is 8.83. The van der Waals surface area contributed by atoms with Gasteiger partial charge in [0.15, 0.2) is 0 Å². The first-order chi connectivity index (χ1) is 7.74. The number of ether oxygens (including phenoxy) is 3. The van der Waals surface area contributed by atoms with Crippen LogP contribution in [-0.2, 0) is 14.2 Å². The molecule has 3 nitrogen and oxygen atoms in total. The quantitative estimate of drug-likeness (QED) is 0.416. The molecule has 0 fully saturated rings. The Hall–Kier alpha value is 0.170. The van der Waals surface area contributed by atoms with Crippen molar-refractivity contribution in [3.8, 4) is 0 Å². The van der Waals surface area contributed by atoms with Crippen LogP contribution in [0.2, 0.25) is 0 Å². The summed E-state index contributed by atoms with van der Waals surface area (Å²) in [6.07, 6.45) is 9.77. The van der Waals surface area contributed by atoms with Gasteiger partial charge in [-0.15, -0.1) is 12.4 Å². The summed E-state index contributed by atoms with van der Waals surface area (Å²) < 4.78 is 15.7. The minimum Gasteiger partial charge on any atom is -0.331 e. The van der Waals surface area contributed by atoms with E-state index >= 15 is 0 Å². The van der Waals surface area contributed by atoms with E-state index in [2.05, 4.69) is 6.92 Å². The molecule has 106 valence electrons. The molecule has 0 rings (SSSR count). The van der Waals surface area contributed by atoms with E-state index in [-0.39, 0.29) is 12.4 Å². The van der Waals surface area contributed by atoms with E-state index in [1.165, 1.54) is 38.5 Å². The van der Waals surface area contributed by atoms with Crippen molar-refractivity contribution >= 4 is 12.4 Å². The van der Waals surface area contributed by atoms with Gasteiger partial charge >= 0.3 is 0 Å². The molecule has 0 amide bonds. The number of methoxy groups -OCH3 is 3. The van der Waals surface area contributed by atoms with Crippen molar-refractivity contribution in [3.05, 3.63) is 0 Å². The van der Waals surface area contributed by atoms with Gasteiger partial charge < -0.3 is 14.2 Å². The molecule has 0 saturated heterocycles. The highest BCUT2D eigenvalue weighted by molar-refractivity contribution is 5.85. The molecule has 0 saturated carbocycles. The van der Waals surface area contributed by atoms with Crippen molar-refractivity contribution in [2.45, 2.75) is 64.3 Å². The fourth-order valence-corrected chi connectivity index (χ4v) is 1.85. The van der Waals surface area contributed by atoms with E-state index in [0.29, 0.717) is 0 Å².